The summed E-state index contributed by atoms with van der Waals surface area (Å²) in [4.78, 5) is 29.7. The topological polar surface area (TPSA) is 61.9 Å². The molecule has 1 saturated heterocycles. The lowest BCUT2D eigenvalue weighted by Gasteiger charge is -2.29. The van der Waals surface area contributed by atoms with E-state index in [1.54, 1.807) is 30.2 Å². The molecular weight excluding hydrogens is 437 g/mol. The number of carbonyl (C=O) groups excluding carboxylic acids is 2. The van der Waals surface area contributed by atoms with Gasteiger partial charge < -0.3 is 19.9 Å². The second-order valence-corrected chi connectivity index (χ2v) is 8.59. The van der Waals surface area contributed by atoms with Crippen LogP contribution in [-0.4, -0.2) is 62.0 Å². The average Bonchev–Trinajstić information content (AvgIpc) is 3.25. The number of nitrogens with one attached hydrogen (secondary N) is 1. The Bertz CT molecular complexity index is 951. The van der Waals surface area contributed by atoms with Gasteiger partial charge in [0.25, 0.3) is 5.91 Å². The summed E-state index contributed by atoms with van der Waals surface area (Å²) in [6.45, 7) is 0.895. The lowest BCUT2D eigenvalue weighted by atomic mass is 10.0. The summed E-state index contributed by atoms with van der Waals surface area (Å²) in [7, 11) is 5.54. The number of nitrogens with zero attached hydrogens (tertiary/aromatic N) is 2. The van der Waals surface area contributed by atoms with Crippen molar-refractivity contribution in [2.45, 2.75) is 24.9 Å². The first-order chi connectivity index (χ1) is 14.8. The number of rotatable bonds is 7. The monoisotopic (exact) mass is 463 g/mol. The third-order valence-corrected chi connectivity index (χ3v) is 6.13. The minimum absolute atomic E-state index is 0.0759. The van der Waals surface area contributed by atoms with E-state index in [0.29, 0.717) is 35.1 Å². The molecule has 2 aromatic rings. The third-order valence-electron chi connectivity index (χ3n) is 5.57. The van der Waals surface area contributed by atoms with Gasteiger partial charge in [-0.25, -0.2) is 0 Å². The standard InChI is InChI=1S/C23H27Cl2N3O3/c1-27(2)20(16-7-4-5-9-21(16)31-3)14-26-22(29)19-8-6-12-28(19)23(30)17-13-15(24)10-11-18(17)25/h4-5,7,9-11,13,19-20H,6,8,12,14H2,1-3H3,(H,26,29). The second kappa shape index (κ2) is 10.4. The molecule has 0 saturated carbocycles. The van der Waals surface area contributed by atoms with Crippen molar-refractivity contribution in [3.8, 4) is 5.75 Å². The number of carbonyl (C=O) groups is 2. The number of hydrogen-bond acceptors (Lipinski definition) is 4. The lowest BCUT2D eigenvalue weighted by molar-refractivity contribution is -0.125. The summed E-state index contributed by atoms with van der Waals surface area (Å²) < 4.78 is 5.49. The quantitative estimate of drug-likeness (QED) is 0.673. The van der Waals surface area contributed by atoms with E-state index >= 15 is 0 Å². The normalized spacial score (nSPS) is 17.0. The van der Waals surface area contributed by atoms with Crippen molar-refractivity contribution in [3.05, 3.63) is 63.6 Å². The number of hydrogen-bond donors (Lipinski definition) is 1. The fraction of sp³-hybridized carbons (Fsp3) is 0.391. The highest BCUT2D eigenvalue weighted by molar-refractivity contribution is 6.35. The van der Waals surface area contributed by atoms with E-state index in [1.165, 1.54) is 0 Å². The van der Waals surface area contributed by atoms with Crippen molar-refractivity contribution in [3.63, 3.8) is 0 Å². The van der Waals surface area contributed by atoms with Crippen molar-refractivity contribution in [2.75, 3.05) is 34.3 Å². The Kier molecular flexibility index (Phi) is 7.81. The van der Waals surface area contributed by atoms with Gasteiger partial charge in [-0.2, -0.15) is 0 Å². The number of methoxy groups -OCH3 is 1. The first kappa shape index (κ1) is 23.4. The van der Waals surface area contributed by atoms with Crippen LogP contribution in [0.5, 0.6) is 5.75 Å². The van der Waals surface area contributed by atoms with Crippen molar-refractivity contribution < 1.29 is 14.3 Å². The molecule has 166 valence electrons. The van der Waals surface area contributed by atoms with E-state index in [9.17, 15) is 9.59 Å². The Morgan fingerprint density at radius 2 is 1.97 bits per heavy atom. The van der Waals surface area contributed by atoms with Crippen LogP contribution in [0.25, 0.3) is 0 Å². The molecule has 31 heavy (non-hydrogen) atoms. The summed E-state index contributed by atoms with van der Waals surface area (Å²) in [5.41, 5.74) is 1.30. The predicted molar refractivity (Wildman–Crippen MR) is 123 cm³/mol. The Morgan fingerprint density at radius 3 is 2.68 bits per heavy atom. The van der Waals surface area contributed by atoms with Crippen LogP contribution in [0.4, 0.5) is 0 Å². The Labute approximate surface area is 193 Å². The van der Waals surface area contributed by atoms with Crippen LogP contribution in [-0.2, 0) is 4.79 Å². The highest BCUT2D eigenvalue weighted by atomic mass is 35.5. The minimum Gasteiger partial charge on any atom is -0.496 e. The van der Waals surface area contributed by atoms with Crippen molar-refractivity contribution >= 4 is 35.0 Å². The van der Waals surface area contributed by atoms with E-state index in [2.05, 4.69) is 5.32 Å². The van der Waals surface area contributed by atoms with Gasteiger partial charge in [-0.05, 0) is 51.2 Å². The number of likely N-dealkylation sites (N-methyl/N-ethyl adjacent to an activating group) is 1. The fourth-order valence-electron chi connectivity index (χ4n) is 3.93. The highest BCUT2D eigenvalue weighted by Gasteiger charge is 2.35. The summed E-state index contributed by atoms with van der Waals surface area (Å²) >= 11 is 12.2. The lowest BCUT2D eigenvalue weighted by Crippen LogP contribution is -2.47. The molecule has 1 heterocycles. The van der Waals surface area contributed by atoms with Gasteiger partial charge in [0.15, 0.2) is 0 Å². The molecule has 2 atom stereocenters. The van der Waals surface area contributed by atoms with Crippen LogP contribution in [0.2, 0.25) is 10.0 Å². The van der Waals surface area contributed by atoms with Gasteiger partial charge in [-0.3, -0.25) is 9.59 Å². The van der Waals surface area contributed by atoms with Gasteiger partial charge in [0.2, 0.25) is 5.91 Å². The maximum atomic E-state index is 13.1. The van der Waals surface area contributed by atoms with Crippen molar-refractivity contribution in [1.29, 1.82) is 0 Å². The molecule has 1 N–H and O–H groups in total. The molecule has 0 radical (unpaired) electrons. The van der Waals surface area contributed by atoms with Gasteiger partial charge in [-0.15, -0.1) is 0 Å². The molecule has 3 rings (SSSR count). The molecule has 0 bridgehead atoms. The van der Waals surface area contributed by atoms with Gasteiger partial charge >= 0.3 is 0 Å². The Morgan fingerprint density at radius 1 is 1.23 bits per heavy atom. The van der Waals surface area contributed by atoms with Crippen LogP contribution >= 0.6 is 23.2 Å². The molecule has 1 aliphatic heterocycles. The zero-order chi connectivity index (χ0) is 22.5. The summed E-state index contributed by atoms with van der Waals surface area (Å²) in [5.74, 6) is 0.313. The van der Waals surface area contributed by atoms with Crippen LogP contribution < -0.4 is 10.1 Å². The summed E-state index contributed by atoms with van der Waals surface area (Å²) in [5, 5.41) is 3.78. The molecule has 1 fully saturated rings. The number of likely N-dealkylation sites (tertiary alicyclic amines) is 1. The minimum atomic E-state index is -0.539. The second-order valence-electron chi connectivity index (χ2n) is 7.75. The average molecular weight is 464 g/mol. The van der Waals surface area contributed by atoms with E-state index in [0.717, 1.165) is 17.7 Å². The third kappa shape index (κ3) is 5.32. The molecule has 0 aliphatic carbocycles. The smallest absolute Gasteiger partial charge is 0.256 e. The van der Waals surface area contributed by atoms with Gasteiger partial charge in [0.05, 0.1) is 23.7 Å². The highest BCUT2D eigenvalue weighted by Crippen LogP contribution is 2.29. The van der Waals surface area contributed by atoms with E-state index in [1.807, 2.05) is 43.3 Å². The molecule has 6 nitrogen and oxygen atoms in total. The van der Waals surface area contributed by atoms with Crippen LogP contribution in [0.15, 0.2) is 42.5 Å². The maximum absolute atomic E-state index is 13.1. The molecule has 0 spiro atoms. The van der Waals surface area contributed by atoms with E-state index in [4.69, 9.17) is 27.9 Å². The fourth-order valence-corrected chi connectivity index (χ4v) is 4.30. The molecule has 2 aromatic carbocycles. The summed E-state index contributed by atoms with van der Waals surface area (Å²) in [6.07, 6.45) is 1.36. The maximum Gasteiger partial charge on any atom is 0.256 e. The van der Waals surface area contributed by atoms with Gasteiger partial charge in [0, 0.05) is 23.7 Å². The molecule has 2 unspecified atom stereocenters. The number of amides is 2. The largest absolute Gasteiger partial charge is 0.496 e. The SMILES string of the molecule is COc1ccccc1C(CNC(=O)C1CCCN1C(=O)c1cc(Cl)ccc1Cl)N(C)C. The van der Waals surface area contributed by atoms with Gasteiger partial charge in [0.1, 0.15) is 11.8 Å². The van der Waals surface area contributed by atoms with Crippen LogP contribution in [0.3, 0.4) is 0 Å². The van der Waals surface area contributed by atoms with Crippen LogP contribution in [0.1, 0.15) is 34.8 Å². The van der Waals surface area contributed by atoms with Crippen molar-refractivity contribution in [1.82, 2.24) is 15.1 Å². The molecular formula is C23H27Cl2N3O3. The number of benzene rings is 2. The number of ether oxygens (including phenoxy) is 1. The molecule has 1 aliphatic rings. The Balaban J connectivity index is 1.73. The van der Waals surface area contributed by atoms with Crippen LogP contribution in [0, 0.1) is 0 Å². The zero-order valence-corrected chi connectivity index (χ0v) is 19.4. The molecule has 8 heteroatoms. The summed E-state index contributed by atoms with van der Waals surface area (Å²) in [6, 6.07) is 11.9. The van der Waals surface area contributed by atoms with E-state index in [-0.39, 0.29) is 17.9 Å². The first-order valence-electron chi connectivity index (χ1n) is 10.2. The van der Waals surface area contributed by atoms with Gasteiger partial charge in [-0.1, -0.05) is 41.4 Å². The van der Waals surface area contributed by atoms with E-state index < -0.39 is 6.04 Å². The van der Waals surface area contributed by atoms with Crippen molar-refractivity contribution in [2.24, 2.45) is 0 Å². The predicted octanol–water partition coefficient (Wildman–Crippen LogP) is 4.03. The molecule has 2 amide bonds. The Hall–Kier alpha value is -2.28. The zero-order valence-electron chi connectivity index (χ0n) is 17.9. The number of halogens is 2. The first-order valence-corrected chi connectivity index (χ1v) is 10.9. The number of para-hydroxylation sites is 1. The molecule has 0 aromatic heterocycles.